The molecule has 0 unspecified atom stereocenters. The van der Waals surface area contributed by atoms with Gasteiger partial charge in [0.1, 0.15) is 17.2 Å². The highest BCUT2D eigenvalue weighted by Crippen LogP contribution is 2.41. The van der Waals surface area contributed by atoms with E-state index in [-0.39, 0.29) is 23.2 Å². The number of aryl methyl sites for hydroxylation is 1. The third-order valence-electron chi connectivity index (χ3n) is 5.90. The van der Waals surface area contributed by atoms with Crippen LogP contribution in [0.2, 0.25) is 0 Å². The Bertz CT molecular complexity index is 1070. The van der Waals surface area contributed by atoms with Crippen molar-refractivity contribution in [1.82, 2.24) is 4.98 Å². The minimum Gasteiger partial charge on any atom is -0.441 e. The number of hydrogen-bond acceptors (Lipinski definition) is 6. The molecule has 3 N–H and O–H groups in total. The zero-order chi connectivity index (χ0) is 23.8. The molecule has 1 aliphatic carbocycles. The quantitative estimate of drug-likeness (QED) is 0.650. The molecule has 2 aromatic rings. The molecule has 1 saturated heterocycles. The van der Waals surface area contributed by atoms with E-state index in [1.54, 1.807) is 6.07 Å². The van der Waals surface area contributed by atoms with Gasteiger partial charge in [-0.25, -0.2) is 9.78 Å². The molecule has 1 aliphatic heterocycles. The number of hydrogen-bond donors (Lipinski definition) is 2. The molecule has 1 saturated carbocycles. The number of anilines is 3. The second kappa shape index (κ2) is 8.45. The number of nitrogen functional groups attached to an aromatic ring is 1. The van der Waals surface area contributed by atoms with Crippen LogP contribution in [0.4, 0.5) is 35.2 Å². The Hall–Kier alpha value is -3.50. The molecule has 176 valence electrons. The average molecular weight is 464 g/mol. The summed E-state index contributed by atoms with van der Waals surface area (Å²) in [6, 6.07) is 8.77. The summed E-state index contributed by atoms with van der Waals surface area (Å²) in [6.45, 7) is 2.21. The molecule has 2 heterocycles. The van der Waals surface area contributed by atoms with Crippen LogP contribution in [0.15, 0.2) is 36.4 Å². The number of nitrogens with one attached hydrogen (secondary N) is 1. The molecule has 2 fully saturated rings. The van der Waals surface area contributed by atoms with Gasteiger partial charge in [-0.1, -0.05) is 6.07 Å². The number of alkyl halides is 3. The minimum absolute atomic E-state index is 0.0385. The molecule has 2 aliphatic rings. The normalized spacial score (nSPS) is 22.8. The number of carbonyl (C=O) groups excluding carboxylic acids is 2. The zero-order valence-electron chi connectivity index (χ0n) is 17.8. The largest absolute Gasteiger partial charge is 0.573 e. The Morgan fingerprint density at radius 2 is 2.00 bits per heavy atom. The maximum Gasteiger partial charge on any atom is 0.573 e. The molecular formula is C22H23F3N4O4. The number of ether oxygens (including phenoxy) is 2. The fraction of sp³-hybridized carbons (Fsp3) is 0.409. The maximum atomic E-state index is 12.7. The number of nitrogens with two attached hydrogens (primary N) is 1. The van der Waals surface area contributed by atoms with E-state index in [2.05, 4.69) is 15.0 Å². The van der Waals surface area contributed by atoms with E-state index in [9.17, 15) is 22.8 Å². The highest BCUT2D eigenvalue weighted by molar-refractivity contribution is 5.95. The summed E-state index contributed by atoms with van der Waals surface area (Å²) >= 11 is 0. The van der Waals surface area contributed by atoms with Gasteiger partial charge in [0, 0.05) is 17.7 Å². The van der Waals surface area contributed by atoms with Crippen molar-refractivity contribution in [1.29, 1.82) is 0 Å². The fourth-order valence-electron chi connectivity index (χ4n) is 4.23. The van der Waals surface area contributed by atoms with E-state index in [1.165, 1.54) is 11.0 Å². The summed E-state index contributed by atoms with van der Waals surface area (Å²) in [5, 5.41) is 2.67. The van der Waals surface area contributed by atoms with Gasteiger partial charge in [-0.15, -0.1) is 13.2 Å². The first-order valence-electron chi connectivity index (χ1n) is 10.4. The molecule has 8 nitrogen and oxygen atoms in total. The molecule has 0 bridgehead atoms. The first-order chi connectivity index (χ1) is 15.5. The molecule has 33 heavy (non-hydrogen) atoms. The van der Waals surface area contributed by atoms with Crippen molar-refractivity contribution in [3.05, 3.63) is 42.1 Å². The van der Waals surface area contributed by atoms with Crippen molar-refractivity contribution in [3.8, 4) is 5.75 Å². The van der Waals surface area contributed by atoms with Crippen LogP contribution in [0.1, 0.15) is 31.4 Å². The maximum absolute atomic E-state index is 12.7. The lowest BCUT2D eigenvalue weighted by atomic mass is 9.78. The summed E-state index contributed by atoms with van der Waals surface area (Å²) < 4.78 is 46.6. The molecule has 0 atom stereocenters. The summed E-state index contributed by atoms with van der Waals surface area (Å²) in [5.74, 6) is -0.563. The predicted molar refractivity (Wildman–Crippen MR) is 114 cm³/mol. The Morgan fingerprint density at radius 3 is 2.64 bits per heavy atom. The van der Waals surface area contributed by atoms with Gasteiger partial charge < -0.3 is 20.5 Å². The van der Waals surface area contributed by atoms with E-state index in [4.69, 9.17) is 10.5 Å². The molecular weight excluding hydrogens is 441 g/mol. The van der Waals surface area contributed by atoms with Gasteiger partial charge in [-0.2, -0.15) is 0 Å². The summed E-state index contributed by atoms with van der Waals surface area (Å²) in [4.78, 5) is 31.1. The van der Waals surface area contributed by atoms with Crippen LogP contribution in [0.3, 0.4) is 0 Å². The molecule has 0 radical (unpaired) electrons. The highest BCUT2D eigenvalue weighted by Gasteiger charge is 2.49. The van der Waals surface area contributed by atoms with Gasteiger partial charge in [0.15, 0.2) is 0 Å². The van der Waals surface area contributed by atoms with Crippen LogP contribution in [0.25, 0.3) is 0 Å². The first kappa shape index (κ1) is 22.7. The molecule has 11 heteroatoms. The van der Waals surface area contributed by atoms with Crippen LogP contribution >= 0.6 is 0 Å². The Morgan fingerprint density at radius 1 is 1.27 bits per heavy atom. The van der Waals surface area contributed by atoms with E-state index in [0.717, 1.165) is 17.8 Å². The molecule has 4 rings (SSSR count). The van der Waals surface area contributed by atoms with Crippen LogP contribution in [-0.4, -0.2) is 35.5 Å². The van der Waals surface area contributed by atoms with Crippen molar-refractivity contribution in [2.75, 3.05) is 22.5 Å². The second-order valence-electron chi connectivity index (χ2n) is 8.33. The first-order valence-corrected chi connectivity index (χ1v) is 10.4. The lowest BCUT2D eigenvalue weighted by Gasteiger charge is -2.34. The van der Waals surface area contributed by atoms with Crippen LogP contribution < -0.4 is 20.7 Å². The van der Waals surface area contributed by atoms with Gasteiger partial charge in [0.25, 0.3) is 0 Å². The number of carbonyl (C=O) groups is 2. The van der Waals surface area contributed by atoms with Gasteiger partial charge >= 0.3 is 12.5 Å². The predicted octanol–water partition coefficient (Wildman–Crippen LogP) is 4.40. The number of rotatable bonds is 4. The van der Waals surface area contributed by atoms with Crippen LogP contribution in [-0.2, 0) is 9.53 Å². The van der Waals surface area contributed by atoms with Crippen molar-refractivity contribution in [3.63, 3.8) is 0 Å². The van der Waals surface area contributed by atoms with Gasteiger partial charge in [-0.3, -0.25) is 9.69 Å². The summed E-state index contributed by atoms with van der Waals surface area (Å²) in [6.07, 6.45) is -3.29. The summed E-state index contributed by atoms with van der Waals surface area (Å²) in [7, 11) is 0. The number of pyridine rings is 1. The zero-order valence-corrected chi connectivity index (χ0v) is 17.8. The molecule has 1 aromatic carbocycles. The Balaban J connectivity index is 1.35. The topological polar surface area (TPSA) is 107 Å². The fourth-order valence-corrected chi connectivity index (χ4v) is 4.23. The van der Waals surface area contributed by atoms with Gasteiger partial charge in [0.2, 0.25) is 5.91 Å². The van der Waals surface area contributed by atoms with Crippen molar-refractivity contribution in [2.24, 2.45) is 5.92 Å². The number of nitrogens with zero attached hydrogens (tertiary/aromatic N) is 2. The lowest BCUT2D eigenvalue weighted by Crippen LogP contribution is -2.41. The van der Waals surface area contributed by atoms with E-state index >= 15 is 0 Å². The van der Waals surface area contributed by atoms with E-state index in [1.807, 2.05) is 19.1 Å². The molecule has 2 amide bonds. The summed E-state index contributed by atoms with van der Waals surface area (Å²) in [5.41, 5.74) is 6.07. The number of halogens is 3. The van der Waals surface area contributed by atoms with Crippen LogP contribution in [0, 0.1) is 12.8 Å². The van der Waals surface area contributed by atoms with E-state index < -0.39 is 23.8 Å². The smallest absolute Gasteiger partial charge is 0.441 e. The van der Waals surface area contributed by atoms with Crippen molar-refractivity contribution >= 4 is 29.2 Å². The van der Waals surface area contributed by atoms with Gasteiger partial charge in [-0.05, 0) is 56.9 Å². The SMILES string of the molecule is Cc1cccc(N2C[C@]3(CC[C@@H](C(=O)Nc4ccc(OC(F)(F)F)cc4N)CC3)OC2=O)n1. The third kappa shape index (κ3) is 5.12. The monoisotopic (exact) mass is 464 g/mol. The standard InChI is InChI=1S/C22H23F3N4O4/c1-13-3-2-4-18(27-13)29-12-21(33-20(29)31)9-7-14(8-10-21)19(30)28-17-6-5-15(11-16(17)26)32-22(23,24)25/h2-6,11,14H,7-10,12,26H2,1H3,(H,28,30)/t14-,21-. The molecule has 1 spiro atoms. The van der Waals surface area contributed by atoms with Crippen LogP contribution in [0.5, 0.6) is 5.75 Å². The highest BCUT2D eigenvalue weighted by atomic mass is 19.4. The molecule has 1 aromatic heterocycles. The average Bonchev–Trinajstić information content (AvgIpc) is 3.05. The third-order valence-corrected chi connectivity index (χ3v) is 5.90. The number of aromatic nitrogens is 1. The van der Waals surface area contributed by atoms with Crippen molar-refractivity contribution in [2.45, 2.75) is 44.6 Å². The Labute approximate surface area is 187 Å². The van der Waals surface area contributed by atoms with E-state index in [0.29, 0.717) is 38.0 Å². The number of amides is 2. The minimum atomic E-state index is -4.83. The lowest BCUT2D eigenvalue weighted by molar-refractivity contribution is -0.274. The number of benzene rings is 1. The van der Waals surface area contributed by atoms with Crippen molar-refractivity contribution < 1.29 is 32.2 Å². The Kier molecular flexibility index (Phi) is 5.81. The van der Waals surface area contributed by atoms with Gasteiger partial charge in [0.05, 0.1) is 17.9 Å². The second-order valence-corrected chi connectivity index (χ2v) is 8.33.